The second-order valence-corrected chi connectivity index (χ2v) is 4.23. The van der Waals surface area contributed by atoms with Gasteiger partial charge in [0.05, 0.1) is 17.6 Å². The number of ether oxygens (including phenoxy) is 1. The van der Waals surface area contributed by atoms with Crippen molar-refractivity contribution in [2.45, 2.75) is 25.8 Å². The van der Waals surface area contributed by atoms with Crippen LogP contribution in [-0.4, -0.2) is 35.7 Å². The van der Waals surface area contributed by atoms with Crippen LogP contribution in [0.3, 0.4) is 0 Å². The number of benzene rings is 1. The summed E-state index contributed by atoms with van der Waals surface area (Å²) in [5.41, 5.74) is -0.0655. The minimum Gasteiger partial charge on any atom is -0.496 e. The number of nitro groups is 1. The van der Waals surface area contributed by atoms with Gasteiger partial charge in [0.1, 0.15) is 5.75 Å². The number of rotatable bonds is 7. The molecule has 0 aromatic heterocycles. The molecule has 1 unspecified atom stereocenters. The molecule has 1 aromatic rings. The predicted molar refractivity (Wildman–Crippen MR) is 72.9 cm³/mol. The van der Waals surface area contributed by atoms with E-state index in [0.717, 1.165) is 0 Å². The summed E-state index contributed by atoms with van der Waals surface area (Å²) >= 11 is 0. The molecule has 7 nitrogen and oxygen atoms in total. The largest absolute Gasteiger partial charge is 0.496 e. The number of nitro benzene ring substituents is 1. The number of hydrogen-bond donors (Lipinski definition) is 2. The number of nitrogens with zero attached hydrogens (tertiary/aromatic N) is 1. The Labute approximate surface area is 116 Å². The SMILES string of the molecule is CCC(CCO)NC(=O)c1cc([N+](=O)[O-])ccc1OC. The zero-order chi connectivity index (χ0) is 15.1. The molecular weight excluding hydrogens is 264 g/mol. The normalized spacial score (nSPS) is 11.8. The molecule has 1 amide bonds. The number of carbonyl (C=O) groups excluding carboxylic acids is 1. The first-order chi connectivity index (χ1) is 9.53. The standard InChI is InChI=1S/C13H18N2O5/c1-3-9(6-7-16)14-13(17)11-8-10(15(18)19)4-5-12(11)20-2/h4-5,8-9,16H,3,6-7H2,1-2H3,(H,14,17). The molecule has 0 aliphatic carbocycles. The van der Waals surface area contributed by atoms with Crippen molar-refractivity contribution >= 4 is 11.6 Å². The van der Waals surface area contributed by atoms with E-state index < -0.39 is 10.8 Å². The van der Waals surface area contributed by atoms with Gasteiger partial charge < -0.3 is 15.2 Å². The Morgan fingerprint density at radius 3 is 2.75 bits per heavy atom. The summed E-state index contributed by atoms with van der Waals surface area (Å²) in [6.45, 7) is 1.84. The molecule has 0 radical (unpaired) electrons. The molecule has 7 heteroatoms. The molecule has 0 bridgehead atoms. The third-order valence-electron chi connectivity index (χ3n) is 2.94. The minimum atomic E-state index is -0.568. The van der Waals surface area contributed by atoms with E-state index in [0.29, 0.717) is 12.8 Å². The Morgan fingerprint density at radius 1 is 1.55 bits per heavy atom. The number of methoxy groups -OCH3 is 1. The number of carbonyl (C=O) groups is 1. The quantitative estimate of drug-likeness (QED) is 0.582. The van der Waals surface area contributed by atoms with Gasteiger partial charge in [0.2, 0.25) is 0 Å². The van der Waals surface area contributed by atoms with E-state index in [2.05, 4.69) is 5.32 Å². The third-order valence-corrected chi connectivity index (χ3v) is 2.94. The van der Waals surface area contributed by atoms with Gasteiger partial charge in [-0.25, -0.2) is 0 Å². The predicted octanol–water partition coefficient (Wildman–Crippen LogP) is 1.49. The van der Waals surface area contributed by atoms with Crippen LogP contribution < -0.4 is 10.1 Å². The van der Waals surface area contributed by atoms with Crippen molar-refractivity contribution in [3.8, 4) is 5.75 Å². The number of non-ortho nitro benzene ring substituents is 1. The molecule has 110 valence electrons. The van der Waals surface area contributed by atoms with E-state index in [4.69, 9.17) is 9.84 Å². The maximum absolute atomic E-state index is 12.1. The van der Waals surface area contributed by atoms with Gasteiger partial charge in [-0.15, -0.1) is 0 Å². The van der Waals surface area contributed by atoms with E-state index in [9.17, 15) is 14.9 Å². The van der Waals surface area contributed by atoms with Crippen LogP contribution in [0, 0.1) is 10.1 Å². The van der Waals surface area contributed by atoms with E-state index >= 15 is 0 Å². The van der Waals surface area contributed by atoms with Gasteiger partial charge in [-0.3, -0.25) is 14.9 Å². The highest BCUT2D eigenvalue weighted by Crippen LogP contribution is 2.24. The average Bonchev–Trinajstić information content (AvgIpc) is 2.45. The van der Waals surface area contributed by atoms with Crippen LogP contribution in [0.4, 0.5) is 5.69 Å². The fourth-order valence-electron chi connectivity index (χ4n) is 1.78. The monoisotopic (exact) mass is 282 g/mol. The lowest BCUT2D eigenvalue weighted by Crippen LogP contribution is -2.35. The summed E-state index contributed by atoms with van der Waals surface area (Å²) in [6.07, 6.45) is 1.09. The van der Waals surface area contributed by atoms with Crippen LogP contribution in [0.15, 0.2) is 18.2 Å². The van der Waals surface area contributed by atoms with Crippen molar-refractivity contribution in [2.24, 2.45) is 0 Å². The lowest BCUT2D eigenvalue weighted by atomic mass is 10.1. The van der Waals surface area contributed by atoms with Crippen molar-refractivity contribution in [1.82, 2.24) is 5.32 Å². The zero-order valence-corrected chi connectivity index (χ0v) is 11.5. The van der Waals surface area contributed by atoms with E-state index in [1.165, 1.54) is 25.3 Å². The van der Waals surface area contributed by atoms with Crippen molar-refractivity contribution in [2.75, 3.05) is 13.7 Å². The summed E-state index contributed by atoms with van der Waals surface area (Å²) in [6, 6.07) is 3.66. The Morgan fingerprint density at radius 2 is 2.25 bits per heavy atom. The summed E-state index contributed by atoms with van der Waals surface area (Å²) < 4.78 is 5.04. The zero-order valence-electron chi connectivity index (χ0n) is 11.5. The summed E-state index contributed by atoms with van der Waals surface area (Å²) in [4.78, 5) is 22.3. The van der Waals surface area contributed by atoms with Crippen LogP contribution in [0.1, 0.15) is 30.1 Å². The Kier molecular flexibility index (Phi) is 5.92. The molecule has 20 heavy (non-hydrogen) atoms. The molecule has 0 saturated carbocycles. The first-order valence-corrected chi connectivity index (χ1v) is 6.27. The Hall–Kier alpha value is -2.15. The molecule has 1 aromatic carbocycles. The van der Waals surface area contributed by atoms with Crippen LogP contribution >= 0.6 is 0 Å². The molecule has 1 rings (SSSR count). The number of aliphatic hydroxyl groups is 1. The van der Waals surface area contributed by atoms with Crippen molar-refractivity contribution in [3.63, 3.8) is 0 Å². The number of nitrogens with one attached hydrogen (secondary N) is 1. The maximum Gasteiger partial charge on any atom is 0.270 e. The molecule has 0 spiro atoms. The van der Waals surface area contributed by atoms with Crippen molar-refractivity contribution in [1.29, 1.82) is 0 Å². The van der Waals surface area contributed by atoms with Crippen LogP contribution in [0.5, 0.6) is 5.75 Å². The van der Waals surface area contributed by atoms with E-state index in [1.807, 2.05) is 6.92 Å². The fourth-order valence-corrected chi connectivity index (χ4v) is 1.78. The lowest BCUT2D eigenvalue weighted by Gasteiger charge is -2.16. The highest BCUT2D eigenvalue weighted by atomic mass is 16.6. The van der Waals surface area contributed by atoms with Gasteiger partial charge in [-0.1, -0.05) is 6.92 Å². The molecular formula is C13H18N2O5. The van der Waals surface area contributed by atoms with Crippen molar-refractivity contribution in [3.05, 3.63) is 33.9 Å². The fraction of sp³-hybridized carbons (Fsp3) is 0.462. The number of aliphatic hydroxyl groups excluding tert-OH is 1. The topological polar surface area (TPSA) is 102 Å². The van der Waals surface area contributed by atoms with Gasteiger partial charge in [0.25, 0.3) is 11.6 Å². The second-order valence-electron chi connectivity index (χ2n) is 4.23. The molecule has 2 N–H and O–H groups in total. The van der Waals surface area contributed by atoms with Gasteiger partial charge in [0.15, 0.2) is 0 Å². The molecule has 0 fully saturated rings. The maximum atomic E-state index is 12.1. The Bertz CT molecular complexity index is 490. The molecule has 0 aliphatic heterocycles. The van der Waals surface area contributed by atoms with Crippen LogP contribution in [-0.2, 0) is 0 Å². The first-order valence-electron chi connectivity index (χ1n) is 6.27. The second kappa shape index (κ2) is 7.44. The number of amides is 1. The van der Waals surface area contributed by atoms with E-state index in [-0.39, 0.29) is 29.6 Å². The summed E-state index contributed by atoms with van der Waals surface area (Å²) in [5.74, 6) is -0.183. The average molecular weight is 282 g/mol. The minimum absolute atomic E-state index is 0.0368. The third kappa shape index (κ3) is 3.92. The van der Waals surface area contributed by atoms with Gasteiger partial charge in [0, 0.05) is 24.8 Å². The van der Waals surface area contributed by atoms with Gasteiger partial charge in [-0.05, 0) is 18.9 Å². The molecule has 0 aliphatic rings. The smallest absolute Gasteiger partial charge is 0.270 e. The Balaban J connectivity index is 3.00. The summed E-state index contributed by atoms with van der Waals surface area (Å²) in [5, 5.41) is 22.4. The first kappa shape index (κ1) is 15.9. The lowest BCUT2D eigenvalue weighted by molar-refractivity contribution is -0.384. The highest BCUT2D eigenvalue weighted by molar-refractivity contribution is 5.97. The highest BCUT2D eigenvalue weighted by Gasteiger charge is 2.19. The van der Waals surface area contributed by atoms with Crippen LogP contribution in [0.2, 0.25) is 0 Å². The number of hydrogen-bond acceptors (Lipinski definition) is 5. The molecule has 0 heterocycles. The van der Waals surface area contributed by atoms with Gasteiger partial charge >= 0.3 is 0 Å². The van der Waals surface area contributed by atoms with Gasteiger partial charge in [-0.2, -0.15) is 0 Å². The summed E-state index contributed by atoms with van der Waals surface area (Å²) in [7, 11) is 1.39. The van der Waals surface area contributed by atoms with E-state index in [1.54, 1.807) is 0 Å². The van der Waals surface area contributed by atoms with Crippen LogP contribution in [0.25, 0.3) is 0 Å². The molecule has 1 atom stereocenters. The molecule has 0 saturated heterocycles. The van der Waals surface area contributed by atoms with Crippen molar-refractivity contribution < 1.29 is 19.6 Å².